The number of aromatic hydroxyl groups is 1. The van der Waals surface area contributed by atoms with Crippen LogP contribution in [0, 0.1) is 11.8 Å². The number of carbonyl (C=O) groups is 2. The van der Waals surface area contributed by atoms with Crippen LogP contribution in [0.1, 0.15) is 21.5 Å². The first kappa shape index (κ1) is 20.6. The molecule has 1 amide bonds. The van der Waals surface area contributed by atoms with Gasteiger partial charge in [0.1, 0.15) is 5.75 Å². The molecule has 0 radical (unpaired) electrons. The number of ether oxygens (including phenoxy) is 2. The Morgan fingerprint density at radius 2 is 1.96 bits per heavy atom. The maximum absolute atomic E-state index is 12.1. The number of methoxy groups -OCH3 is 2. The lowest BCUT2D eigenvalue weighted by Gasteiger charge is -2.10. The minimum absolute atomic E-state index is 0.0400. The van der Waals surface area contributed by atoms with Gasteiger partial charge in [-0.2, -0.15) is 5.10 Å². The van der Waals surface area contributed by atoms with Crippen LogP contribution in [0.3, 0.4) is 0 Å². The van der Waals surface area contributed by atoms with Gasteiger partial charge in [0.2, 0.25) is 0 Å². The first-order valence-electron chi connectivity index (χ1n) is 7.68. The predicted octanol–water partition coefficient (Wildman–Crippen LogP) is 2.26. The van der Waals surface area contributed by atoms with Gasteiger partial charge in [0.15, 0.2) is 11.5 Å². The molecule has 0 atom stereocenters. The number of amides is 1. The van der Waals surface area contributed by atoms with E-state index in [1.165, 1.54) is 44.7 Å². The molecule has 0 saturated carbocycles. The molecule has 0 heterocycles. The van der Waals surface area contributed by atoms with Crippen molar-refractivity contribution in [1.29, 1.82) is 0 Å². The number of hydrogen-bond donors (Lipinski definition) is 3. The van der Waals surface area contributed by atoms with Crippen LogP contribution in [0.15, 0.2) is 35.4 Å². The average Bonchev–Trinajstić information content (AvgIpc) is 2.67. The number of hydrogen-bond acceptors (Lipinski definition) is 6. The van der Waals surface area contributed by atoms with Gasteiger partial charge in [-0.15, -0.1) is 0 Å². The molecule has 0 spiro atoms. The summed E-state index contributed by atoms with van der Waals surface area (Å²) >= 11 is 5.77. The highest BCUT2D eigenvalue weighted by Gasteiger charge is 2.11. The van der Waals surface area contributed by atoms with E-state index in [0.717, 1.165) is 0 Å². The van der Waals surface area contributed by atoms with Gasteiger partial charge < -0.3 is 19.7 Å². The van der Waals surface area contributed by atoms with Crippen LogP contribution >= 0.6 is 11.6 Å². The van der Waals surface area contributed by atoms with Crippen molar-refractivity contribution < 1.29 is 29.3 Å². The summed E-state index contributed by atoms with van der Waals surface area (Å²) in [4.78, 5) is 22.8. The molecule has 144 valence electrons. The monoisotopic (exact) mass is 402 g/mol. The van der Waals surface area contributed by atoms with Crippen LogP contribution in [0.5, 0.6) is 17.2 Å². The number of nitrogens with zero attached hydrogens (tertiary/aromatic N) is 1. The van der Waals surface area contributed by atoms with Gasteiger partial charge in [-0.25, -0.2) is 10.2 Å². The Morgan fingerprint density at radius 1 is 1.21 bits per heavy atom. The SMILES string of the molecule is COc1cc(C=NNC(=O)c2ccc(O)c(Cl)c2)cc(C#CC(=O)O)c1OC. The third kappa shape index (κ3) is 5.16. The van der Waals surface area contributed by atoms with Crippen LogP contribution < -0.4 is 14.9 Å². The number of halogens is 1. The Morgan fingerprint density at radius 3 is 2.57 bits per heavy atom. The van der Waals surface area contributed by atoms with Crippen molar-refractivity contribution in [3.63, 3.8) is 0 Å². The van der Waals surface area contributed by atoms with Crippen LogP contribution in [0.4, 0.5) is 0 Å². The van der Waals surface area contributed by atoms with E-state index >= 15 is 0 Å². The van der Waals surface area contributed by atoms with E-state index in [-0.39, 0.29) is 27.6 Å². The maximum Gasteiger partial charge on any atom is 0.382 e. The summed E-state index contributed by atoms with van der Waals surface area (Å²) in [6.07, 6.45) is 1.33. The summed E-state index contributed by atoms with van der Waals surface area (Å²) in [5.74, 6) is 3.10. The number of benzene rings is 2. The summed E-state index contributed by atoms with van der Waals surface area (Å²) in [6.45, 7) is 0. The quantitative estimate of drug-likeness (QED) is 0.401. The highest BCUT2D eigenvalue weighted by atomic mass is 35.5. The van der Waals surface area contributed by atoms with Crippen LogP contribution in [-0.2, 0) is 4.79 Å². The van der Waals surface area contributed by atoms with Crippen molar-refractivity contribution in [1.82, 2.24) is 5.43 Å². The normalized spacial score (nSPS) is 10.1. The van der Waals surface area contributed by atoms with Gasteiger partial charge in [0.25, 0.3) is 5.91 Å². The van der Waals surface area contributed by atoms with Crippen molar-refractivity contribution in [2.75, 3.05) is 14.2 Å². The van der Waals surface area contributed by atoms with Crippen molar-refractivity contribution >= 4 is 29.7 Å². The maximum atomic E-state index is 12.1. The summed E-state index contributed by atoms with van der Waals surface area (Å²) in [6, 6.07) is 7.10. The van der Waals surface area contributed by atoms with Gasteiger partial charge in [-0.3, -0.25) is 4.79 Å². The van der Waals surface area contributed by atoms with Gasteiger partial charge in [-0.1, -0.05) is 17.5 Å². The Hall–Kier alpha value is -3.70. The van der Waals surface area contributed by atoms with E-state index in [9.17, 15) is 14.7 Å². The number of carboxylic acids is 1. The highest BCUT2D eigenvalue weighted by Crippen LogP contribution is 2.31. The zero-order valence-electron chi connectivity index (χ0n) is 14.8. The van der Waals surface area contributed by atoms with Crippen LogP contribution in [0.2, 0.25) is 5.02 Å². The molecule has 3 N–H and O–H groups in total. The summed E-state index contributed by atoms with van der Waals surface area (Å²) in [5.41, 5.74) is 3.29. The van der Waals surface area contributed by atoms with Crippen LogP contribution in [0.25, 0.3) is 0 Å². The second-order valence-corrected chi connectivity index (χ2v) is 5.63. The number of rotatable bonds is 5. The zero-order chi connectivity index (χ0) is 20.7. The molecule has 2 aromatic carbocycles. The summed E-state index contributed by atoms with van der Waals surface area (Å²) < 4.78 is 10.4. The standard InChI is InChI=1S/C19H15ClN2O6/c1-27-16-8-11(7-12(18(16)28-2)4-6-17(24)25)10-21-22-19(26)13-3-5-15(23)14(20)9-13/h3,5,7-10,23H,1-2H3,(H,22,26)(H,24,25). The minimum Gasteiger partial charge on any atom is -0.506 e. The fourth-order valence-electron chi connectivity index (χ4n) is 2.15. The van der Waals surface area contributed by atoms with E-state index < -0.39 is 11.9 Å². The number of phenolic OH excluding ortho intramolecular Hbond substituents is 1. The second kappa shape index (κ2) is 9.30. The molecular formula is C19H15ClN2O6. The number of carboxylic acid groups (broad SMARTS) is 1. The predicted molar refractivity (Wildman–Crippen MR) is 102 cm³/mol. The van der Waals surface area contributed by atoms with E-state index in [1.807, 2.05) is 5.92 Å². The second-order valence-electron chi connectivity index (χ2n) is 5.22. The fourth-order valence-corrected chi connectivity index (χ4v) is 2.33. The minimum atomic E-state index is -1.29. The lowest BCUT2D eigenvalue weighted by Crippen LogP contribution is -2.17. The van der Waals surface area contributed by atoms with Crippen molar-refractivity contribution in [3.05, 3.63) is 52.0 Å². The average molecular weight is 403 g/mol. The molecule has 9 heteroatoms. The Kier molecular flexibility index (Phi) is 6.84. The van der Waals surface area contributed by atoms with Crippen molar-refractivity contribution in [3.8, 4) is 29.1 Å². The lowest BCUT2D eigenvalue weighted by atomic mass is 10.1. The number of aliphatic carboxylic acids is 1. The van der Waals surface area contributed by atoms with E-state index in [0.29, 0.717) is 11.3 Å². The number of phenols is 1. The van der Waals surface area contributed by atoms with Crippen molar-refractivity contribution in [2.45, 2.75) is 0 Å². The fraction of sp³-hybridized carbons (Fsp3) is 0.105. The number of nitrogens with one attached hydrogen (secondary N) is 1. The molecule has 0 bridgehead atoms. The first-order valence-corrected chi connectivity index (χ1v) is 8.06. The summed E-state index contributed by atoms with van der Waals surface area (Å²) in [5, 5.41) is 22.0. The van der Waals surface area contributed by atoms with Gasteiger partial charge in [0.05, 0.1) is 31.0 Å². The molecule has 0 aromatic heterocycles. The number of hydrazone groups is 1. The first-order chi connectivity index (χ1) is 13.3. The Bertz CT molecular complexity index is 1010. The molecule has 0 unspecified atom stereocenters. The number of carbonyl (C=O) groups excluding carboxylic acids is 1. The van der Waals surface area contributed by atoms with Gasteiger partial charge in [-0.05, 0) is 35.9 Å². The van der Waals surface area contributed by atoms with E-state index in [1.54, 1.807) is 6.07 Å². The van der Waals surface area contributed by atoms with Crippen molar-refractivity contribution in [2.24, 2.45) is 5.10 Å². The largest absolute Gasteiger partial charge is 0.506 e. The molecule has 8 nitrogen and oxygen atoms in total. The Labute approximate surface area is 165 Å². The Balaban J connectivity index is 2.26. The third-order valence-electron chi connectivity index (χ3n) is 3.39. The third-order valence-corrected chi connectivity index (χ3v) is 3.70. The smallest absolute Gasteiger partial charge is 0.382 e. The summed E-state index contributed by atoms with van der Waals surface area (Å²) in [7, 11) is 2.82. The molecule has 0 aliphatic carbocycles. The molecule has 28 heavy (non-hydrogen) atoms. The topological polar surface area (TPSA) is 117 Å². The van der Waals surface area contributed by atoms with Crippen LogP contribution in [-0.4, -0.2) is 42.5 Å². The highest BCUT2D eigenvalue weighted by molar-refractivity contribution is 6.32. The van der Waals surface area contributed by atoms with Gasteiger partial charge in [0, 0.05) is 11.5 Å². The van der Waals surface area contributed by atoms with E-state index in [4.69, 9.17) is 26.2 Å². The van der Waals surface area contributed by atoms with Gasteiger partial charge >= 0.3 is 5.97 Å². The molecule has 2 rings (SSSR count). The molecule has 2 aromatic rings. The molecule has 0 fully saturated rings. The zero-order valence-corrected chi connectivity index (χ0v) is 15.6. The lowest BCUT2D eigenvalue weighted by molar-refractivity contribution is -0.130. The molecule has 0 saturated heterocycles. The molecule has 0 aliphatic rings. The van der Waals surface area contributed by atoms with E-state index in [2.05, 4.69) is 16.4 Å². The molecule has 0 aliphatic heterocycles. The molecular weight excluding hydrogens is 388 g/mol.